The molecule has 0 N–H and O–H groups in total. The molecule has 1 saturated heterocycles. The van der Waals surface area contributed by atoms with Gasteiger partial charge in [0.2, 0.25) is 0 Å². The summed E-state index contributed by atoms with van der Waals surface area (Å²) < 4.78 is 32.1. The number of amides is 1. The largest absolute Gasteiger partial charge is 0.444 e. The van der Waals surface area contributed by atoms with Gasteiger partial charge in [-0.25, -0.2) is 4.79 Å². The SMILES string of the molecule is COCCOCCOCCOCCOCCN1CCN(C(=O)OC(C)(C)C)CC1. The van der Waals surface area contributed by atoms with Crippen molar-refractivity contribution in [1.82, 2.24) is 9.80 Å². The Labute approximate surface area is 175 Å². The molecular formula is C20H40N2O7. The zero-order valence-electron chi connectivity index (χ0n) is 18.7. The Morgan fingerprint density at radius 3 is 1.62 bits per heavy atom. The minimum atomic E-state index is -0.450. The van der Waals surface area contributed by atoms with Crippen molar-refractivity contribution >= 4 is 6.09 Å². The first-order valence-corrected chi connectivity index (χ1v) is 10.4. The van der Waals surface area contributed by atoms with Gasteiger partial charge in [0.05, 0.1) is 59.5 Å². The molecule has 0 bridgehead atoms. The second-order valence-corrected chi connectivity index (χ2v) is 7.75. The Balaban J connectivity index is 1.86. The standard InChI is InChI=1S/C20H40N2O7/c1-20(2,3)29-19(23)22-7-5-21(6-8-22)9-10-25-13-14-27-17-18-28-16-15-26-12-11-24-4/h5-18H2,1-4H3. The quantitative estimate of drug-likeness (QED) is 0.366. The van der Waals surface area contributed by atoms with Crippen LogP contribution >= 0.6 is 0 Å². The van der Waals surface area contributed by atoms with Gasteiger partial charge in [-0.2, -0.15) is 0 Å². The summed E-state index contributed by atoms with van der Waals surface area (Å²) in [4.78, 5) is 16.1. The van der Waals surface area contributed by atoms with Crippen molar-refractivity contribution in [2.75, 3.05) is 99.3 Å². The van der Waals surface area contributed by atoms with Gasteiger partial charge in [0.25, 0.3) is 0 Å². The Hall–Kier alpha value is -0.970. The summed E-state index contributed by atoms with van der Waals surface area (Å²) in [7, 11) is 1.65. The van der Waals surface area contributed by atoms with Gasteiger partial charge >= 0.3 is 6.09 Å². The van der Waals surface area contributed by atoms with Crippen molar-refractivity contribution in [2.24, 2.45) is 0 Å². The van der Waals surface area contributed by atoms with E-state index in [1.54, 1.807) is 12.0 Å². The molecule has 1 amide bonds. The first-order chi connectivity index (χ1) is 13.9. The van der Waals surface area contributed by atoms with Crippen molar-refractivity contribution in [2.45, 2.75) is 26.4 Å². The van der Waals surface area contributed by atoms with Crippen LogP contribution in [-0.2, 0) is 28.4 Å². The molecule has 1 aliphatic heterocycles. The normalized spacial score (nSPS) is 15.7. The van der Waals surface area contributed by atoms with Crippen molar-refractivity contribution in [1.29, 1.82) is 0 Å². The molecule has 0 aromatic rings. The van der Waals surface area contributed by atoms with Crippen LogP contribution < -0.4 is 0 Å². The summed E-state index contributed by atoms with van der Waals surface area (Å²) in [5.41, 5.74) is -0.450. The number of hydrogen-bond donors (Lipinski definition) is 0. The van der Waals surface area contributed by atoms with E-state index in [0.717, 1.165) is 19.6 Å². The van der Waals surface area contributed by atoms with E-state index in [2.05, 4.69) is 4.90 Å². The highest BCUT2D eigenvalue weighted by Crippen LogP contribution is 2.11. The summed E-state index contributed by atoms with van der Waals surface area (Å²) >= 11 is 0. The number of carbonyl (C=O) groups excluding carboxylic acids is 1. The van der Waals surface area contributed by atoms with Gasteiger partial charge in [-0.1, -0.05) is 0 Å². The third-order valence-corrected chi connectivity index (χ3v) is 4.12. The van der Waals surface area contributed by atoms with E-state index < -0.39 is 5.60 Å². The van der Waals surface area contributed by atoms with Gasteiger partial charge in [-0.15, -0.1) is 0 Å². The van der Waals surface area contributed by atoms with E-state index in [1.165, 1.54) is 0 Å². The van der Waals surface area contributed by atoms with Crippen molar-refractivity contribution in [3.63, 3.8) is 0 Å². The first-order valence-electron chi connectivity index (χ1n) is 10.4. The average molecular weight is 421 g/mol. The van der Waals surface area contributed by atoms with Gasteiger partial charge in [-0.3, -0.25) is 4.90 Å². The lowest BCUT2D eigenvalue weighted by atomic mass is 10.2. The van der Waals surface area contributed by atoms with Gasteiger partial charge < -0.3 is 33.3 Å². The second-order valence-electron chi connectivity index (χ2n) is 7.75. The molecule has 29 heavy (non-hydrogen) atoms. The zero-order chi connectivity index (χ0) is 21.4. The topological polar surface area (TPSA) is 78.9 Å². The zero-order valence-corrected chi connectivity index (χ0v) is 18.7. The van der Waals surface area contributed by atoms with Gasteiger partial charge in [-0.05, 0) is 20.8 Å². The predicted molar refractivity (Wildman–Crippen MR) is 109 cm³/mol. The number of nitrogens with zero attached hydrogens (tertiary/aromatic N) is 2. The van der Waals surface area contributed by atoms with Crippen LogP contribution in [0.15, 0.2) is 0 Å². The highest BCUT2D eigenvalue weighted by atomic mass is 16.6. The smallest absolute Gasteiger partial charge is 0.410 e. The molecule has 0 atom stereocenters. The predicted octanol–water partition coefficient (Wildman–Crippen LogP) is 1.25. The average Bonchev–Trinajstić information content (AvgIpc) is 2.67. The van der Waals surface area contributed by atoms with Gasteiger partial charge in [0.15, 0.2) is 0 Å². The molecule has 0 aromatic heterocycles. The molecule has 0 radical (unpaired) electrons. The highest BCUT2D eigenvalue weighted by Gasteiger charge is 2.25. The van der Waals surface area contributed by atoms with E-state index in [-0.39, 0.29) is 6.09 Å². The maximum absolute atomic E-state index is 12.0. The van der Waals surface area contributed by atoms with E-state index >= 15 is 0 Å². The molecule has 9 heteroatoms. The van der Waals surface area contributed by atoms with E-state index in [0.29, 0.717) is 72.6 Å². The first kappa shape index (κ1) is 26.1. The van der Waals surface area contributed by atoms with Gasteiger partial charge in [0.1, 0.15) is 5.60 Å². The lowest BCUT2D eigenvalue weighted by Crippen LogP contribution is -2.50. The Morgan fingerprint density at radius 2 is 1.17 bits per heavy atom. The number of carbonyl (C=O) groups is 1. The van der Waals surface area contributed by atoms with Crippen LogP contribution in [-0.4, -0.2) is 121 Å². The summed E-state index contributed by atoms with van der Waals surface area (Å²) in [5, 5.41) is 0. The van der Waals surface area contributed by atoms with E-state index in [1.807, 2.05) is 20.8 Å². The van der Waals surface area contributed by atoms with Crippen LogP contribution in [0.2, 0.25) is 0 Å². The lowest BCUT2D eigenvalue weighted by molar-refractivity contribution is -0.0112. The molecule has 0 unspecified atom stereocenters. The van der Waals surface area contributed by atoms with Crippen LogP contribution in [0.5, 0.6) is 0 Å². The van der Waals surface area contributed by atoms with Crippen molar-refractivity contribution < 1.29 is 33.2 Å². The maximum Gasteiger partial charge on any atom is 0.410 e. The fourth-order valence-corrected chi connectivity index (χ4v) is 2.58. The molecular weight excluding hydrogens is 380 g/mol. The van der Waals surface area contributed by atoms with Crippen molar-refractivity contribution in [3.8, 4) is 0 Å². The number of hydrogen-bond acceptors (Lipinski definition) is 8. The minimum absolute atomic E-state index is 0.229. The van der Waals surface area contributed by atoms with Gasteiger partial charge in [0, 0.05) is 39.8 Å². The molecule has 1 rings (SSSR count). The van der Waals surface area contributed by atoms with E-state index in [4.69, 9.17) is 28.4 Å². The lowest BCUT2D eigenvalue weighted by Gasteiger charge is -2.35. The molecule has 9 nitrogen and oxygen atoms in total. The Morgan fingerprint density at radius 1 is 0.724 bits per heavy atom. The fraction of sp³-hybridized carbons (Fsp3) is 0.950. The molecule has 1 aliphatic rings. The number of piperazine rings is 1. The highest BCUT2D eigenvalue weighted by molar-refractivity contribution is 5.68. The number of rotatable bonds is 15. The molecule has 1 fully saturated rings. The summed E-state index contributed by atoms with van der Waals surface area (Å²) in [6, 6.07) is 0. The molecule has 172 valence electrons. The third kappa shape index (κ3) is 14.6. The summed E-state index contributed by atoms with van der Waals surface area (Å²) in [6.45, 7) is 14.8. The van der Waals surface area contributed by atoms with Crippen LogP contribution in [0.3, 0.4) is 0 Å². The summed E-state index contributed by atoms with van der Waals surface area (Å²) in [6.07, 6.45) is -0.229. The molecule has 0 aromatic carbocycles. The Bertz CT molecular complexity index is 410. The molecule has 0 spiro atoms. The molecule has 0 aliphatic carbocycles. The molecule has 0 saturated carbocycles. The summed E-state index contributed by atoms with van der Waals surface area (Å²) in [5.74, 6) is 0. The van der Waals surface area contributed by atoms with Crippen LogP contribution in [0.4, 0.5) is 4.79 Å². The Kier molecular flexibility index (Phi) is 14.2. The fourth-order valence-electron chi connectivity index (χ4n) is 2.58. The third-order valence-electron chi connectivity index (χ3n) is 4.12. The van der Waals surface area contributed by atoms with E-state index in [9.17, 15) is 4.79 Å². The minimum Gasteiger partial charge on any atom is -0.444 e. The number of methoxy groups -OCH3 is 1. The monoisotopic (exact) mass is 420 g/mol. The van der Waals surface area contributed by atoms with Crippen molar-refractivity contribution in [3.05, 3.63) is 0 Å². The van der Waals surface area contributed by atoms with Crippen LogP contribution in [0.25, 0.3) is 0 Å². The maximum atomic E-state index is 12.0. The second kappa shape index (κ2) is 15.8. The number of ether oxygens (including phenoxy) is 6. The van der Waals surface area contributed by atoms with Crippen LogP contribution in [0.1, 0.15) is 20.8 Å². The van der Waals surface area contributed by atoms with Crippen LogP contribution in [0, 0.1) is 0 Å². The molecule has 1 heterocycles.